The first kappa shape index (κ1) is 11.4. The first-order chi connectivity index (χ1) is 7.93. The second-order valence-electron chi connectivity index (χ2n) is 5.10. The summed E-state index contributed by atoms with van der Waals surface area (Å²) in [6.45, 7) is 1.19. The fourth-order valence-corrected chi connectivity index (χ4v) is 3.53. The maximum atomic E-state index is 3.68. The molecule has 17 heavy (non-hydrogen) atoms. The number of aromatic nitrogens is 1. The van der Waals surface area contributed by atoms with Gasteiger partial charge >= 0.3 is 0 Å². The molecule has 1 aromatic carbocycles. The second kappa shape index (κ2) is 4.21. The van der Waals surface area contributed by atoms with Crippen LogP contribution in [0.1, 0.15) is 29.9 Å². The number of benzene rings is 1. The third kappa shape index (κ3) is 1.59. The van der Waals surface area contributed by atoms with Gasteiger partial charge in [-0.15, -0.1) is 0 Å². The fourth-order valence-electron chi connectivity index (χ4n) is 3.53. The van der Waals surface area contributed by atoms with Crippen LogP contribution in [0.25, 0.3) is 10.9 Å². The number of aromatic amines is 1. The Hall–Kier alpha value is -0.683. The van der Waals surface area contributed by atoms with Crippen molar-refractivity contribution in [2.75, 3.05) is 6.54 Å². The standard InChI is InChI=1S/C14H16N2.Li/c1-3-11-10-4-2-6-15-13(10)7-9-8-16-12(5-1)14(9)11;/h1,3,5,8,10,13,15-16H,2,4,6-7H2;/t10-,13-;/m1./s1. The quantitative estimate of drug-likeness (QED) is 0.653. The zero-order chi connectivity index (χ0) is 10.5. The molecule has 4 rings (SSSR count). The van der Waals surface area contributed by atoms with Gasteiger partial charge in [0.1, 0.15) is 0 Å². The minimum absolute atomic E-state index is 0. The van der Waals surface area contributed by atoms with Gasteiger partial charge in [-0.05, 0) is 43.0 Å². The zero-order valence-corrected chi connectivity index (χ0v) is 10.3. The number of hydrogen-bond donors (Lipinski definition) is 2. The topological polar surface area (TPSA) is 27.8 Å². The van der Waals surface area contributed by atoms with Crippen molar-refractivity contribution in [1.29, 1.82) is 0 Å². The summed E-state index contributed by atoms with van der Waals surface area (Å²) in [6.07, 6.45) is 6.06. The first-order valence-corrected chi connectivity index (χ1v) is 6.26. The van der Waals surface area contributed by atoms with Gasteiger partial charge < -0.3 is 10.3 Å². The molecule has 1 fully saturated rings. The van der Waals surface area contributed by atoms with Crippen LogP contribution in [0.2, 0.25) is 0 Å². The van der Waals surface area contributed by atoms with Crippen LogP contribution >= 0.6 is 0 Å². The van der Waals surface area contributed by atoms with Crippen molar-refractivity contribution in [2.45, 2.75) is 31.2 Å². The van der Waals surface area contributed by atoms with Crippen LogP contribution in [0.4, 0.5) is 0 Å². The summed E-state index contributed by atoms with van der Waals surface area (Å²) in [4.78, 5) is 3.40. The Bertz CT molecular complexity index is 546. The number of H-pyrrole nitrogens is 1. The number of fused-ring (bicyclic) bond motifs is 2. The van der Waals surface area contributed by atoms with Crippen LogP contribution in [0.15, 0.2) is 24.4 Å². The minimum Gasteiger partial charge on any atom is -0.361 e. The molecule has 0 unspecified atom stereocenters. The number of nitrogens with one attached hydrogen (secondary N) is 2. The van der Waals surface area contributed by atoms with Crippen LogP contribution in [-0.2, 0) is 6.42 Å². The van der Waals surface area contributed by atoms with Crippen molar-refractivity contribution < 1.29 is 0 Å². The normalized spacial score (nSPS) is 26.4. The summed E-state index contributed by atoms with van der Waals surface area (Å²) in [5.41, 5.74) is 4.38. The molecule has 2 N–H and O–H groups in total. The molecular formula is C14H16LiN2. The molecule has 0 bridgehead atoms. The predicted molar refractivity (Wildman–Crippen MR) is 71.5 cm³/mol. The molecule has 2 atom stereocenters. The molecule has 1 aliphatic carbocycles. The number of piperidine rings is 1. The molecule has 1 aliphatic heterocycles. The summed E-state index contributed by atoms with van der Waals surface area (Å²) < 4.78 is 0. The Morgan fingerprint density at radius 1 is 1.24 bits per heavy atom. The third-order valence-corrected chi connectivity index (χ3v) is 4.24. The predicted octanol–water partition coefficient (Wildman–Crippen LogP) is 2.18. The van der Waals surface area contributed by atoms with E-state index in [-0.39, 0.29) is 18.9 Å². The summed E-state index contributed by atoms with van der Waals surface area (Å²) in [5.74, 6) is 0.737. The molecule has 0 spiro atoms. The van der Waals surface area contributed by atoms with Gasteiger partial charge in [0.2, 0.25) is 0 Å². The van der Waals surface area contributed by atoms with Crippen molar-refractivity contribution in [3.8, 4) is 0 Å². The SMILES string of the molecule is [Li].c1cc2c3c(c[nH]c3c1)C[C@H]1NCCC[C@H]21. The van der Waals surface area contributed by atoms with Crippen LogP contribution < -0.4 is 5.32 Å². The monoisotopic (exact) mass is 219 g/mol. The second-order valence-corrected chi connectivity index (χ2v) is 5.10. The van der Waals surface area contributed by atoms with Crippen LogP contribution in [0.3, 0.4) is 0 Å². The van der Waals surface area contributed by atoms with Crippen molar-refractivity contribution in [2.24, 2.45) is 0 Å². The van der Waals surface area contributed by atoms with E-state index in [1.807, 2.05) is 0 Å². The largest absolute Gasteiger partial charge is 0.361 e. The summed E-state index contributed by atoms with van der Waals surface area (Å²) in [6, 6.07) is 7.37. The van der Waals surface area contributed by atoms with Gasteiger partial charge in [0.05, 0.1) is 0 Å². The Balaban J connectivity index is 0.000000902. The maximum absolute atomic E-state index is 3.68. The van der Waals surface area contributed by atoms with Gasteiger partial charge in [-0.3, -0.25) is 0 Å². The summed E-state index contributed by atoms with van der Waals surface area (Å²) in [5, 5.41) is 5.19. The minimum atomic E-state index is 0. The van der Waals surface area contributed by atoms with Gasteiger partial charge in [0, 0.05) is 47.9 Å². The maximum Gasteiger partial charge on any atom is 0.0459 e. The van der Waals surface area contributed by atoms with Crippen molar-refractivity contribution in [1.82, 2.24) is 10.3 Å². The Morgan fingerprint density at radius 3 is 3.12 bits per heavy atom. The van der Waals surface area contributed by atoms with E-state index in [4.69, 9.17) is 0 Å². The van der Waals surface area contributed by atoms with Gasteiger partial charge in [0.15, 0.2) is 0 Å². The molecule has 3 heteroatoms. The van der Waals surface area contributed by atoms with Crippen molar-refractivity contribution in [3.63, 3.8) is 0 Å². The van der Waals surface area contributed by atoms with E-state index in [0.29, 0.717) is 6.04 Å². The van der Waals surface area contributed by atoms with E-state index in [1.54, 1.807) is 5.56 Å². The van der Waals surface area contributed by atoms with E-state index in [9.17, 15) is 0 Å². The molecule has 0 saturated carbocycles. The Morgan fingerprint density at radius 2 is 2.18 bits per heavy atom. The molecule has 1 aromatic heterocycles. The molecule has 2 nitrogen and oxygen atoms in total. The molecule has 1 saturated heterocycles. The number of rotatable bonds is 0. The smallest absolute Gasteiger partial charge is 0.0459 e. The Kier molecular flexibility index (Phi) is 2.82. The van der Waals surface area contributed by atoms with Crippen molar-refractivity contribution >= 4 is 29.8 Å². The van der Waals surface area contributed by atoms with E-state index >= 15 is 0 Å². The zero-order valence-electron chi connectivity index (χ0n) is 10.3. The van der Waals surface area contributed by atoms with E-state index in [1.165, 1.54) is 42.3 Å². The molecule has 1 radical (unpaired) electrons. The summed E-state index contributed by atoms with van der Waals surface area (Å²) in [7, 11) is 0. The van der Waals surface area contributed by atoms with Crippen molar-refractivity contribution in [3.05, 3.63) is 35.5 Å². The molecule has 2 heterocycles. The molecule has 0 amide bonds. The Labute approximate surface area is 113 Å². The van der Waals surface area contributed by atoms with Gasteiger partial charge in [0.25, 0.3) is 0 Å². The molecule has 2 aromatic rings. The number of hydrogen-bond acceptors (Lipinski definition) is 1. The first-order valence-electron chi connectivity index (χ1n) is 6.26. The van der Waals surface area contributed by atoms with Crippen LogP contribution in [0.5, 0.6) is 0 Å². The van der Waals surface area contributed by atoms with E-state index in [2.05, 4.69) is 34.7 Å². The van der Waals surface area contributed by atoms with Gasteiger partial charge in [-0.1, -0.05) is 12.1 Å². The fraction of sp³-hybridized carbons (Fsp3) is 0.429. The average Bonchev–Trinajstić information content (AvgIpc) is 2.75. The van der Waals surface area contributed by atoms with Gasteiger partial charge in [-0.2, -0.15) is 0 Å². The summed E-state index contributed by atoms with van der Waals surface area (Å²) >= 11 is 0. The van der Waals surface area contributed by atoms with Crippen LogP contribution in [0, 0.1) is 0 Å². The molecular weight excluding hydrogens is 203 g/mol. The van der Waals surface area contributed by atoms with E-state index in [0.717, 1.165) is 5.92 Å². The van der Waals surface area contributed by atoms with E-state index < -0.39 is 0 Å². The molecule has 2 aliphatic rings. The van der Waals surface area contributed by atoms with Crippen LogP contribution in [-0.4, -0.2) is 36.4 Å². The van der Waals surface area contributed by atoms with Gasteiger partial charge in [-0.25, -0.2) is 0 Å². The third-order valence-electron chi connectivity index (χ3n) is 4.24. The average molecular weight is 219 g/mol. The molecule has 83 valence electrons.